The van der Waals surface area contributed by atoms with E-state index >= 15 is 0 Å². The van der Waals surface area contributed by atoms with Crippen LogP contribution in [-0.2, 0) is 19.1 Å². The topological polar surface area (TPSA) is 87.2 Å². The average molecular weight is 600 g/mol. The van der Waals surface area contributed by atoms with Gasteiger partial charge in [-0.1, -0.05) is 60.7 Å². The van der Waals surface area contributed by atoms with Crippen molar-refractivity contribution in [2.75, 3.05) is 32.8 Å². The minimum Gasteiger partial charge on any atom is -0.465 e. The first-order chi connectivity index (χ1) is 17.9. The second kappa shape index (κ2) is 14.2. The molecule has 3 unspecified atom stereocenters. The normalized spacial score (nSPS) is 29.9. The van der Waals surface area contributed by atoms with Gasteiger partial charge in [-0.2, -0.15) is 0 Å². The first-order valence-electron chi connectivity index (χ1n) is 13.8. The molecule has 3 fully saturated rings. The number of rotatable bonds is 17. The van der Waals surface area contributed by atoms with Crippen LogP contribution < -0.4 is 0 Å². The summed E-state index contributed by atoms with van der Waals surface area (Å²) in [5.74, 6) is -1.59. The van der Waals surface area contributed by atoms with Crippen molar-refractivity contribution in [1.82, 2.24) is 9.80 Å². The summed E-state index contributed by atoms with van der Waals surface area (Å²) in [6, 6.07) is -0.606. The van der Waals surface area contributed by atoms with Crippen molar-refractivity contribution in [2.24, 2.45) is 11.8 Å². The van der Waals surface area contributed by atoms with Gasteiger partial charge < -0.3 is 19.6 Å². The molecule has 9 heteroatoms. The van der Waals surface area contributed by atoms with Gasteiger partial charge in [-0.25, -0.2) is 0 Å². The zero-order chi connectivity index (χ0) is 27.0. The van der Waals surface area contributed by atoms with Crippen LogP contribution in [0.4, 0.5) is 0 Å². The molecule has 37 heavy (non-hydrogen) atoms. The molecule has 3 rings (SSSR count). The maximum Gasteiger partial charge on any atom is 0.310 e. The first-order valence-corrected chi connectivity index (χ1v) is 15.6. The van der Waals surface area contributed by atoms with Gasteiger partial charge in [0.2, 0.25) is 11.8 Å². The van der Waals surface area contributed by atoms with Gasteiger partial charge >= 0.3 is 5.97 Å². The average Bonchev–Trinajstić information content (AvgIpc) is 3.46. The number of halogens is 1. The molecule has 6 atom stereocenters. The fourth-order valence-electron chi connectivity index (χ4n) is 6.18. The number of alkyl halides is 1. The van der Waals surface area contributed by atoms with E-state index in [2.05, 4.69) is 36.0 Å². The Morgan fingerprint density at radius 3 is 2.65 bits per heavy atom. The summed E-state index contributed by atoms with van der Waals surface area (Å²) in [7, 11) is 0. The fraction of sp³-hybridized carbons (Fsp3) is 0.750. The van der Waals surface area contributed by atoms with Gasteiger partial charge in [0.1, 0.15) is 6.04 Å². The van der Waals surface area contributed by atoms with Crippen LogP contribution in [0.2, 0.25) is 0 Å². The third kappa shape index (κ3) is 6.30. The van der Waals surface area contributed by atoms with Crippen LogP contribution in [0.3, 0.4) is 0 Å². The Balaban J connectivity index is 1.92. The fourth-order valence-corrected chi connectivity index (χ4v) is 9.77. The van der Waals surface area contributed by atoms with Crippen LogP contribution in [0.25, 0.3) is 0 Å². The number of ether oxygens (including phenoxy) is 1. The Hall–Kier alpha value is -1.32. The van der Waals surface area contributed by atoms with E-state index in [-0.39, 0.29) is 41.1 Å². The number of thioether (sulfide) groups is 1. The van der Waals surface area contributed by atoms with Gasteiger partial charge in [0.15, 0.2) is 0 Å². The molecule has 3 aliphatic rings. The smallest absolute Gasteiger partial charge is 0.310 e. The highest BCUT2D eigenvalue weighted by atomic mass is 79.9. The lowest BCUT2D eigenvalue weighted by Crippen LogP contribution is -2.55. The predicted octanol–water partition coefficient (Wildman–Crippen LogP) is 4.33. The number of aliphatic hydroxyl groups excluding tert-OH is 1. The van der Waals surface area contributed by atoms with Gasteiger partial charge in [-0.15, -0.1) is 24.9 Å². The third-order valence-electron chi connectivity index (χ3n) is 7.86. The monoisotopic (exact) mass is 598 g/mol. The van der Waals surface area contributed by atoms with Crippen molar-refractivity contribution in [3.8, 4) is 0 Å². The number of carbonyl (C=O) groups is 3. The highest BCUT2D eigenvalue weighted by Gasteiger charge is 2.76. The molecule has 0 aromatic carbocycles. The van der Waals surface area contributed by atoms with Crippen molar-refractivity contribution < 1.29 is 24.2 Å². The number of likely N-dealkylation sites (tertiary alicyclic amines) is 1. The Kier molecular flexibility index (Phi) is 11.6. The van der Waals surface area contributed by atoms with Crippen LogP contribution in [0.15, 0.2) is 25.3 Å². The lowest BCUT2D eigenvalue weighted by Gasteiger charge is -2.38. The highest BCUT2D eigenvalue weighted by molar-refractivity contribution is 9.09. The standard InChI is InChI=1S/C28H43BrN2O5S/c1-4-7-11-15-30(14-6-3)26(34)24-28-19-20(29)23(37-28)21(27(35)36-18-8-5-2)22(28)25(33)31(24)16-12-9-10-13-17-32/h5-6,20-24,32H,2-4,7-19H2,1H3/t20?,21-,22+,23-,24?,28?/m1/s1. The number of hydrogen-bond donors (Lipinski definition) is 1. The lowest BCUT2D eigenvalue weighted by molar-refractivity contribution is -0.154. The number of amides is 2. The molecule has 0 aliphatic carbocycles. The van der Waals surface area contributed by atoms with Crippen LogP contribution in [0.1, 0.15) is 64.7 Å². The van der Waals surface area contributed by atoms with Crippen LogP contribution >= 0.6 is 27.7 Å². The summed E-state index contributed by atoms with van der Waals surface area (Å²) in [6.07, 6.45) is 10.9. The molecule has 3 heterocycles. The maximum absolute atomic E-state index is 14.2. The molecule has 0 radical (unpaired) electrons. The Labute approximate surface area is 234 Å². The number of carbonyl (C=O) groups excluding carboxylic acids is 3. The van der Waals surface area contributed by atoms with E-state index in [9.17, 15) is 14.4 Å². The van der Waals surface area contributed by atoms with E-state index in [1.54, 1.807) is 28.8 Å². The SMILES string of the molecule is C=CCCOC(=O)[C@H]1[C@@H]2SC3(CC2Br)C(C(=O)N(CC=C)CCCCC)N(CCCCCCO)C(=O)[C@H]13. The highest BCUT2D eigenvalue weighted by Crippen LogP contribution is 2.68. The van der Waals surface area contributed by atoms with E-state index in [4.69, 9.17) is 9.84 Å². The summed E-state index contributed by atoms with van der Waals surface area (Å²) in [5, 5.41) is 9.02. The molecule has 2 amide bonds. The van der Waals surface area contributed by atoms with Crippen LogP contribution in [0, 0.1) is 11.8 Å². The number of hydrogen-bond acceptors (Lipinski definition) is 6. The van der Waals surface area contributed by atoms with Gasteiger partial charge in [0.25, 0.3) is 0 Å². The van der Waals surface area contributed by atoms with Crippen molar-refractivity contribution >= 4 is 45.5 Å². The molecule has 1 N–H and O–H groups in total. The van der Waals surface area contributed by atoms with Crippen LogP contribution in [-0.4, -0.2) is 86.4 Å². The predicted molar refractivity (Wildman–Crippen MR) is 152 cm³/mol. The molecule has 0 aromatic rings. The molecule has 3 aliphatic heterocycles. The lowest BCUT2D eigenvalue weighted by atomic mass is 9.71. The summed E-state index contributed by atoms with van der Waals surface area (Å²) < 4.78 is 4.93. The molecule has 0 saturated carbocycles. The summed E-state index contributed by atoms with van der Waals surface area (Å²) in [5.41, 5.74) is 0. The van der Waals surface area contributed by atoms with Crippen molar-refractivity contribution in [3.05, 3.63) is 25.3 Å². The van der Waals surface area contributed by atoms with Gasteiger partial charge in [0.05, 0.1) is 23.2 Å². The molecular weight excluding hydrogens is 556 g/mol. The summed E-state index contributed by atoms with van der Waals surface area (Å²) >= 11 is 5.45. The van der Waals surface area contributed by atoms with Crippen LogP contribution in [0.5, 0.6) is 0 Å². The largest absolute Gasteiger partial charge is 0.465 e. The van der Waals surface area contributed by atoms with Crippen molar-refractivity contribution in [1.29, 1.82) is 0 Å². The van der Waals surface area contributed by atoms with Gasteiger partial charge in [-0.05, 0) is 32.1 Å². The zero-order valence-electron chi connectivity index (χ0n) is 22.1. The van der Waals surface area contributed by atoms with Crippen molar-refractivity contribution in [2.45, 2.75) is 85.6 Å². The number of aliphatic hydroxyl groups is 1. The van der Waals surface area contributed by atoms with Crippen molar-refractivity contribution in [3.63, 3.8) is 0 Å². The molecule has 2 bridgehead atoms. The molecule has 1 spiro atoms. The third-order valence-corrected chi connectivity index (χ3v) is 11.1. The molecule has 3 saturated heterocycles. The first kappa shape index (κ1) is 30.2. The Morgan fingerprint density at radius 2 is 1.97 bits per heavy atom. The Bertz CT molecular complexity index is 841. The molecular formula is C28H43BrN2O5S. The van der Waals surface area contributed by atoms with E-state index in [1.165, 1.54) is 0 Å². The number of esters is 1. The van der Waals surface area contributed by atoms with E-state index in [1.807, 2.05) is 4.90 Å². The summed E-state index contributed by atoms with van der Waals surface area (Å²) in [6.45, 7) is 11.6. The number of unbranched alkanes of at least 4 members (excludes halogenated alkanes) is 5. The second-order valence-corrected chi connectivity index (χ2v) is 13.1. The minimum absolute atomic E-state index is 0.0317. The van der Waals surface area contributed by atoms with E-state index < -0.39 is 22.6 Å². The van der Waals surface area contributed by atoms with Gasteiger partial charge in [-0.3, -0.25) is 14.4 Å². The Morgan fingerprint density at radius 1 is 1.22 bits per heavy atom. The number of fused-ring (bicyclic) bond motifs is 1. The molecule has 7 nitrogen and oxygen atoms in total. The second-order valence-electron chi connectivity index (χ2n) is 10.4. The quantitative estimate of drug-likeness (QED) is 0.116. The summed E-state index contributed by atoms with van der Waals surface area (Å²) in [4.78, 5) is 45.2. The minimum atomic E-state index is -0.648. The van der Waals surface area contributed by atoms with E-state index in [0.29, 0.717) is 32.5 Å². The maximum atomic E-state index is 14.2. The molecule has 208 valence electrons. The zero-order valence-corrected chi connectivity index (χ0v) is 24.5. The van der Waals surface area contributed by atoms with Gasteiger partial charge in [0, 0.05) is 36.3 Å². The van der Waals surface area contributed by atoms with E-state index in [0.717, 1.165) is 44.9 Å². The number of nitrogens with zero attached hydrogens (tertiary/aromatic N) is 2. The molecule has 0 aromatic heterocycles.